The summed E-state index contributed by atoms with van der Waals surface area (Å²) in [6.07, 6.45) is 0. The molecular formula is C17H26N2O4. The van der Waals surface area contributed by atoms with Crippen molar-refractivity contribution in [1.29, 1.82) is 0 Å². The Morgan fingerprint density at radius 1 is 1.17 bits per heavy atom. The van der Waals surface area contributed by atoms with E-state index < -0.39 is 0 Å². The Bertz CT molecular complexity index is 545. The first-order valence-electron chi connectivity index (χ1n) is 7.65. The average Bonchev–Trinajstić information content (AvgIpc) is 2.51. The van der Waals surface area contributed by atoms with E-state index in [4.69, 9.17) is 9.47 Å². The van der Waals surface area contributed by atoms with E-state index in [1.165, 1.54) is 4.90 Å². The Balaban J connectivity index is 3.03. The van der Waals surface area contributed by atoms with Gasteiger partial charge in [0.2, 0.25) is 5.91 Å². The van der Waals surface area contributed by atoms with Gasteiger partial charge < -0.3 is 19.7 Å². The number of nitrogens with one attached hydrogen (secondary N) is 1. The lowest BCUT2D eigenvalue weighted by Gasteiger charge is -2.22. The highest BCUT2D eigenvalue weighted by molar-refractivity contribution is 5.97. The van der Waals surface area contributed by atoms with Gasteiger partial charge in [-0.2, -0.15) is 0 Å². The van der Waals surface area contributed by atoms with Crippen molar-refractivity contribution in [3.8, 4) is 11.5 Å². The molecule has 6 nitrogen and oxygen atoms in total. The second kappa shape index (κ2) is 8.41. The highest BCUT2D eigenvalue weighted by Gasteiger charge is 2.20. The molecule has 0 fully saturated rings. The van der Waals surface area contributed by atoms with Gasteiger partial charge >= 0.3 is 0 Å². The Hall–Kier alpha value is -2.24. The van der Waals surface area contributed by atoms with E-state index in [-0.39, 0.29) is 24.4 Å². The van der Waals surface area contributed by atoms with E-state index in [0.29, 0.717) is 23.6 Å². The average molecular weight is 322 g/mol. The lowest BCUT2D eigenvalue weighted by molar-refractivity contribution is -0.122. The lowest BCUT2D eigenvalue weighted by atomic mass is 10.1. The molecule has 0 radical (unpaired) electrons. The van der Waals surface area contributed by atoms with E-state index >= 15 is 0 Å². The summed E-state index contributed by atoms with van der Waals surface area (Å²) in [4.78, 5) is 26.1. The highest BCUT2D eigenvalue weighted by Crippen LogP contribution is 2.29. The van der Waals surface area contributed by atoms with E-state index in [0.717, 1.165) is 5.56 Å². The summed E-state index contributed by atoms with van der Waals surface area (Å²) in [6.45, 7) is 7.91. The number of rotatable bonds is 7. The zero-order valence-corrected chi connectivity index (χ0v) is 14.7. The summed E-state index contributed by atoms with van der Waals surface area (Å²) >= 11 is 0. The SMILES string of the molecule is CCN(CC(=O)NC(C)C)C(=O)c1cc(OC)c(C)c(OC)c1. The largest absolute Gasteiger partial charge is 0.496 e. The number of nitrogens with zero attached hydrogens (tertiary/aromatic N) is 1. The third kappa shape index (κ3) is 4.87. The molecule has 0 spiro atoms. The van der Waals surface area contributed by atoms with Gasteiger partial charge in [-0.15, -0.1) is 0 Å². The van der Waals surface area contributed by atoms with Crippen molar-refractivity contribution in [3.05, 3.63) is 23.3 Å². The summed E-state index contributed by atoms with van der Waals surface area (Å²) in [5.74, 6) is 0.745. The molecule has 1 aromatic carbocycles. The first kappa shape index (κ1) is 18.8. The molecule has 0 heterocycles. The molecule has 1 N–H and O–H groups in total. The number of carbonyl (C=O) groups is 2. The second-order valence-electron chi connectivity index (χ2n) is 5.55. The highest BCUT2D eigenvalue weighted by atomic mass is 16.5. The van der Waals surface area contributed by atoms with Crippen molar-refractivity contribution in [2.75, 3.05) is 27.3 Å². The molecule has 128 valence electrons. The monoisotopic (exact) mass is 322 g/mol. The van der Waals surface area contributed by atoms with Crippen LogP contribution in [0.25, 0.3) is 0 Å². The number of benzene rings is 1. The summed E-state index contributed by atoms with van der Waals surface area (Å²) in [5.41, 5.74) is 1.26. The van der Waals surface area contributed by atoms with Crippen LogP contribution in [0.4, 0.5) is 0 Å². The second-order valence-corrected chi connectivity index (χ2v) is 5.55. The van der Waals surface area contributed by atoms with Crippen molar-refractivity contribution in [2.45, 2.75) is 33.7 Å². The number of ether oxygens (including phenoxy) is 2. The van der Waals surface area contributed by atoms with E-state index in [9.17, 15) is 9.59 Å². The molecule has 0 aliphatic rings. The molecule has 0 saturated carbocycles. The van der Waals surface area contributed by atoms with Gasteiger partial charge in [-0.3, -0.25) is 9.59 Å². The van der Waals surface area contributed by atoms with E-state index in [1.807, 2.05) is 27.7 Å². The molecule has 0 aliphatic carbocycles. The fourth-order valence-electron chi connectivity index (χ4n) is 2.26. The first-order valence-corrected chi connectivity index (χ1v) is 7.65. The van der Waals surface area contributed by atoms with E-state index in [1.54, 1.807) is 26.4 Å². The predicted molar refractivity (Wildman–Crippen MR) is 89.1 cm³/mol. The van der Waals surface area contributed by atoms with Crippen LogP contribution in [-0.4, -0.2) is 50.1 Å². The molecule has 23 heavy (non-hydrogen) atoms. The van der Waals surface area contributed by atoms with Gasteiger partial charge in [-0.05, 0) is 39.8 Å². The van der Waals surface area contributed by atoms with Crippen LogP contribution in [0, 0.1) is 6.92 Å². The molecule has 0 atom stereocenters. The topological polar surface area (TPSA) is 67.9 Å². The Morgan fingerprint density at radius 3 is 2.09 bits per heavy atom. The fraction of sp³-hybridized carbons (Fsp3) is 0.529. The molecule has 0 saturated heterocycles. The van der Waals surface area contributed by atoms with Crippen LogP contribution in [0.3, 0.4) is 0 Å². The quantitative estimate of drug-likeness (QED) is 0.834. The van der Waals surface area contributed by atoms with Crippen molar-refractivity contribution in [2.24, 2.45) is 0 Å². The van der Waals surface area contributed by atoms with Gasteiger partial charge in [-0.25, -0.2) is 0 Å². The Morgan fingerprint density at radius 2 is 1.70 bits per heavy atom. The maximum atomic E-state index is 12.7. The third-order valence-corrected chi connectivity index (χ3v) is 3.45. The number of likely N-dealkylation sites (N-methyl/N-ethyl adjacent to an activating group) is 1. The van der Waals surface area contributed by atoms with Crippen LogP contribution >= 0.6 is 0 Å². The molecule has 0 unspecified atom stereocenters. The van der Waals surface area contributed by atoms with Gasteiger partial charge in [0, 0.05) is 23.7 Å². The van der Waals surface area contributed by atoms with Crippen molar-refractivity contribution < 1.29 is 19.1 Å². The standard InChI is InChI=1S/C17H26N2O4/c1-7-19(10-16(20)18-11(2)3)17(21)13-8-14(22-5)12(4)15(9-13)23-6/h8-9,11H,7,10H2,1-6H3,(H,18,20). The molecule has 2 amide bonds. The molecule has 0 aliphatic heterocycles. The maximum Gasteiger partial charge on any atom is 0.254 e. The van der Waals surface area contributed by atoms with E-state index in [2.05, 4.69) is 5.32 Å². The summed E-state index contributed by atoms with van der Waals surface area (Å²) in [6, 6.07) is 3.38. The minimum absolute atomic E-state index is 0.0199. The van der Waals surface area contributed by atoms with Crippen LogP contribution in [-0.2, 0) is 4.79 Å². The maximum absolute atomic E-state index is 12.7. The lowest BCUT2D eigenvalue weighted by Crippen LogP contribution is -2.42. The van der Waals surface area contributed by atoms with Gasteiger partial charge in [-0.1, -0.05) is 0 Å². The minimum atomic E-state index is -0.233. The zero-order valence-electron chi connectivity index (χ0n) is 14.7. The number of hydrogen-bond acceptors (Lipinski definition) is 4. The fourth-order valence-corrected chi connectivity index (χ4v) is 2.26. The Labute approximate surface area is 137 Å². The molecule has 6 heteroatoms. The minimum Gasteiger partial charge on any atom is -0.496 e. The van der Waals surface area contributed by atoms with Crippen LogP contribution in [0.5, 0.6) is 11.5 Å². The molecule has 1 aromatic rings. The normalized spacial score (nSPS) is 10.4. The van der Waals surface area contributed by atoms with Gasteiger partial charge in [0.05, 0.1) is 20.8 Å². The molecular weight excluding hydrogens is 296 g/mol. The smallest absolute Gasteiger partial charge is 0.254 e. The number of hydrogen-bond donors (Lipinski definition) is 1. The van der Waals surface area contributed by atoms with Crippen LogP contribution < -0.4 is 14.8 Å². The Kier molecular flexibility index (Phi) is 6.88. The summed E-state index contributed by atoms with van der Waals surface area (Å²) in [7, 11) is 3.09. The molecule has 0 aromatic heterocycles. The van der Waals surface area contributed by atoms with Crippen molar-refractivity contribution >= 4 is 11.8 Å². The first-order chi connectivity index (χ1) is 10.8. The number of amides is 2. The van der Waals surface area contributed by atoms with Crippen molar-refractivity contribution in [3.63, 3.8) is 0 Å². The molecule has 0 bridgehead atoms. The zero-order chi connectivity index (χ0) is 17.6. The predicted octanol–water partition coefficient (Wildman–Crippen LogP) is 2.00. The number of carbonyl (C=O) groups excluding carboxylic acids is 2. The third-order valence-electron chi connectivity index (χ3n) is 3.45. The van der Waals surface area contributed by atoms with Crippen LogP contribution in [0.1, 0.15) is 36.7 Å². The summed E-state index contributed by atoms with van der Waals surface area (Å²) in [5, 5.41) is 2.79. The van der Waals surface area contributed by atoms with Crippen molar-refractivity contribution in [1.82, 2.24) is 10.2 Å². The molecule has 1 rings (SSSR count). The van der Waals surface area contributed by atoms with Gasteiger partial charge in [0.1, 0.15) is 11.5 Å². The number of methoxy groups -OCH3 is 2. The summed E-state index contributed by atoms with van der Waals surface area (Å²) < 4.78 is 10.6. The van der Waals surface area contributed by atoms with Gasteiger partial charge in [0.15, 0.2) is 0 Å². The van der Waals surface area contributed by atoms with Crippen LogP contribution in [0.15, 0.2) is 12.1 Å². The van der Waals surface area contributed by atoms with Crippen LogP contribution in [0.2, 0.25) is 0 Å². The van der Waals surface area contributed by atoms with Gasteiger partial charge in [0.25, 0.3) is 5.91 Å².